The van der Waals surface area contributed by atoms with E-state index in [1.807, 2.05) is 0 Å². The number of benzene rings is 1. The lowest BCUT2D eigenvalue weighted by atomic mass is 10.1. The molecule has 1 aromatic rings. The number of alkyl halides is 3. The zero-order valence-corrected chi connectivity index (χ0v) is 11.8. The monoisotopic (exact) mass is 379 g/mol. The summed E-state index contributed by atoms with van der Waals surface area (Å²) < 4.78 is 38.1. The van der Waals surface area contributed by atoms with Crippen LogP contribution >= 0.6 is 22.6 Å². The van der Waals surface area contributed by atoms with Gasteiger partial charge in [0.25, 0.3) is 0 Å². The summed E-state index contributed by atoms with van der Waals surface area (Å²) >= 11 is 1.80. The van der Waals surface area contributed by atoms with Gasteiger partial charge in [0.1, 0.15) is 0 Å². The number of halogens is 4. The molecule has 2 rings (SSSR count). The summed E-state index contributed by atoms with van der Waals surface area (Å²) in [7, 11) is 0. The van der Waals surface area contributed by atoms with Crippen molar-refractivity contribution in [3.63, 3.8) is 0 Å². The minimum absolute atomic E-state index is 0.152. The van der Waals surface area contributed by atoms with E-state index in [0.29, 0.717) is 15.8 Å². The SMILES string of the molecule is C#CC1CC(=O)N(c2ccc(C(F)(F)F)cc2I)C1. The van der Waals surface area contributed by atoms with Crippen molar-refractivity contribution in [2.45, 2.75) is 12.6 Å². The van der Waals surface area contributed by atoms with Gasteiger partial charge in [0.15, 0.2) is 0 Å². The summed E-state index contributed by atoms with van der Waals surface area (Å²) in [4.78, 5) is 13.2. The number of carbonyl (C=O) groups excluding carboxylic acids is 1. The molecular weight excluding hydrogens is 370 g/mol. The van der Waals surface area contributed by atoms with E-state index in [1.165, 1.54) is 11.0 Å². The third-order valence-electron chi connectivity index (χ3n) is 2.93. The molecule has 0 N–H and O–H groups in total. The number of carbonyl (C=O) groups is 1. The maximum absolute atomic E-state index is 12.6. The van der Waals surface area contributed by atoms with Crippen LogP contribution in [0.4, 0.5) is 18.9 Å². The fourth-order valence-corrected chi connectivity index (χ4v) is 2.76. The van der Waals surface area contributed by atoms with E-state index >= 15 is 0 Å². The Morgan fingerprint density at radius 3 is 2.58 bits per heavy atom. The molecule has 1 saturated heterocycles. The highest BCUT2D eigenvalue weighted by atomic mass is 127. The minimum atomic E-state index is -4.38. The Labute approximate surface area is 122 Å². The highest BCUT2D eigenvalue weighted by molar-refractivity contribution is 14.1. The largest absolute Gasteiger partial charge is 0.416 e. The van der Waals surface area contributed by atoms with E-state index in [0.717, 1.165) is 12.1 Å². The summed E-state index contributed by atoms with van der Waals surface area (Å²) in [6.07, 6.45) is 1.14. The van der Waals surface area contributed by atoms with Crippen molar-refractivity contribution in [2.75, 3.05) is 11.4 Å². The van der Waals surface area contributed by atoms with Crippen LogP contribution in [-0.2, 0) is 11.0 Å². The molecule has 100 valence electrons. The van der Waals surface area contributed by atoms with Crippen molar-refractivity contribution in [2.24, 2.45) is 5.92 Å². The number of amides is 1. The molecule has 0 saturated carbocycles. The van der Waals surface area contributed by atoms with Crippen LogP contribution in [-0.4, -0.2) is 12.5 Å². The molecule has 6 heteroatoms. The van der Waals surface area contributed by atoms with Crippen molar-refractivity contribution in [1.82, 2.24) is 0 Å². The first-order chi connectivity index (χ1) is 8.82. The van der Waals surface area contributed by atoms with Gasteiger partial charge in [-0.2, -0.15) is 13.2 Å². The Morgan fingerprint density at radius 1 is 1.42 bits per heavy atom. The lowest BCUT2D eigenvalue weighted by Gasteiger charge is -2.19. The van der Waals surface area contributed by atoms with Crippen molar-refractivity contribution in [1.29, 1.82) is 0 Å². The van der Waals surface area contributed by atoms with Crippen molar-refractivity contribution in [3.8, 4) is 12.3 Å². The zero-order chi connectivity index (χ0) is 14.2. The van der Waals surface area contributed by atoms with E-state index in [4.69, 9.17) is 6.42 Å². The Kier molecular flexibility index (Phi) is 3.76. The summed E-state index contributed by atoms with van der Waals surface area (Å²) in [5, 5.41) is 0. The second-order valence-electron chi connectivity index (χ2n) is 4.24. The molecule has 1 aromatic carbocycles. The first-order valence-corrected chi connectivity index (χ1v) is 6.54. The topological polar surface area (TPSA) is 20.3 Å². The maximum Gasteiger partial charge on any atom is 0.416 e. The van der Waals surface area contributed by atoms with Crippen LogP contribution in [0, 0.1) is 21.8 Å². The first kappa shape index (κ1) is 14.2. The molecule has 0 bridgehead atoms. The van der Waals surface area contributed by atoms with Crippen LogP contribution in [0.5, 0.6) is 0 Å². The summed E-state index contributed by atoms with van der Waals surface area (Å²) in [5.74, 6) is 2.18. The molecule has 1 atom stereocenters. The summed E-state index contributed by atoms with van der Waals surface area (Å²) in [6, 6.07) is 3.34. The van der Waals surface area contributed by atoms with Gasteiger partial charge in [-0.1, -0.05) is 0 Å². The number of anilines is 1. The third kappa shape index (κ3) is 2.86. The molecule has 0 aliphatic carbocycles. The highest BCUT2D eigenvalue weighted by Gasteiger charge is 2.33. The lowest BCUT2D eigenvalue weighted by Crippen LogP contribution is -2.25. The number of terminal acetylenes is 1. The van der Waals surface area contributed by atoms with Gasteiger partial charge in [0.05, 0.1) is 11.3 Å². The Hall–Kier alpha value is -1.23. The van der Waals surface area contributed by atoms with Gasteiger partial charge in [-0.25, -0.2) is 0 Å². The van der Waals surface area contributed by atoms with Gasteiger partial charge in [-0.15, -0.1) is 12.3 Å². The molecule has 1 unspecified atom stereocenters. The van der Waals surface area contributed by atoms with Crippen LogP contribution in [0.3, 0.4) is 0 Å². The quantitative estimate of drug-likeness (QED) is 0.542. The minimum Gasteiger partial charge on any atom is -0.310 e. The van der Waals surface area contributed by atoms with E-state index < -0.39 is 11.7 Å². The standard InChI is InChI=1S/C13H9F3INO/c1-2-8-5-12(19)18(7-8)11-4-3-9(6-10(11)17)13(14,15)16/h1,3-4,6,8H,5,7H2. The summed E-state index contributed by atoms with van der Waals surface area (Å²) in [6.45, 7) is 0.358. The molecule has 0 radical (unpaired) electrons. The second kappa shape index (κ2) is 5.04. The van der Waals surface area contributed by atoms with E-state index in [2.05, 4.69) is 5.92 Å². The molecule has 1 fully saturated rings. The Bertz CT molecular complexity index is 562. The van der Waals surface area contributed by atoms with Crippen molar-refractivity contribution < 1.29 is 18.0 Å². The van der Waals surface area contributed by atoms with Gasteiger partial charge >= 0.3 is 6.18 Å². The average Bonchev–Trinajstić information content (AvgIpc) is 2.69. The van der Waals surface area contributed by atoms with Crippen molar-refractivity contribution >= 4 is 34.2 Å². The van der Waals surface area contributed by atoms with Crippen LogP contribution in [0.2, 0.25) is 0 Å². The zero-order valence-electron chi connectivity index (χ0n) is 9.67. The van der Waals surface area contributed by atoms with E-state index in [9.17, 15) is 18.0 Å². The van der Waals surface area contributed by atoms with Gasteiger partial charge < -0.3 is 4.90 Å². The number of hydrogen-bond donors (Lipinski definition) is 0. The van der Waals surface area contributed by atoms with Gasteiger partial charge in [0, 0.05) is 22.5 Å². The van der Waals surface area contributed by atoms with Crippen LogP contribution in [0.15, 0.2) is 18.2 Å². The number of rotatable bonds is 1. The fourth-order valence-electron chi connectivity index (χ4n) is 1.95. The smallest absolute Gasteiger partial charge is 0.310 e. The van der Waals surface area contributed by atoms with Crippen LogP contribution in [0.25, 0.3) is 0 Å². The molecule has 0 spiro atoms. The molecule has 1 aliphatic rings. The maximum atomic E-state index is 12.6. The van der Waals surface area contributed by atoms with Gasteiger partial charge in [-0.3, -0.25) is 4.79 Å². The van der Waals surface area contributed by atoms with Gasteiger partial charge in [0.2, 0.25) is 5.91 Å². The van der Waals surface area contributed by atoms with Crippen LogP contribution < -0.4 is 4.90 Å². The summed E-state index contributed by atoms with van der Waals surface area (Å²) in [5.41, 5.74) is -0.239. The van der Waals surface area contributed by atoms with Crippen LogP contribution in [0.1, 0.15) is 12.0 Å². The molecule has 1 heterocycles. The van der Waals surface area contributed by atoms with E-state index in [1.54, 1.807) is 22.6 Å². The predicted octanol–water partition coefficient (Wildman–Crippen LogP) is 3.30. The first-order valence-electron chi connectivity index (χ1n) is 5.46. The lowest BCUT2D eigenvalue weighted by molar-refractivity contribution is -0.137. The Morgan fingerprint density at radius 2 is 2.11 bits per heavy atom. The molecule has 0 aromatic heterocycles. The third-order valence-corrected chi connectivity index (χ3v) is 3.79. The van der Waals surface area contributed by atoms with Crippen molar-refractivity contribution in [3.05, 3.63) is 27.3 Å². The molecular formula is C13H9F3INO. The molecule has 1 aliphatic heterocycles. The van der Waals surface area contributed by atoms with E-state index in [-0.39, 0.29) is 18.2 Å². The number of hydrogen-bond acceptors (Lipinski definition) is 1. The van der Waals surface area contributed by atoms with Gasteiger partial charge in [-0.05, 0) is 40.8 Å². The molecule has 19 heavy (non-hydrogen) atoms. The Balaban J connectivity index is 2.33. The average molecular weight is 379 g/mol. The normalized spacial score (nSPS) is 19.6. The highest BCUT2D eigenvalue weighted by Crippen LogP contribution is 2.35. The molecule has 1 amide bonds. The predicted molar refractivity (Wildman–Crippen MR) is 73.5 cm³/mol. The number of nitrogens with zero attached hydrogens (tertiary/aromatic N) is 1. The fraction of sp³-hybridized carbons (Fsp3) is 0.308. The molecule has 2 nitrogen and oxygen atoms in total. The second-order valence-corrected chi connectivity index (χ2v) is 5.40.